The third-order valence-corrected chi connectivity index (χ3v) is 4.69. The molecule has 1 radical (unpaired) electrons. The van der Waals surface area contributed by atoms with Crippen LogP contribution in [0.25, 0.3) is 10.9 Å². The van der Waals surface area contributed by atoms with Gasteiger partial charge in [-0.1, -0.05) is 39.1 Å². The van der Waals surface area contributed by atoms with Crippen molar-refractivity contribution in [3.8, 4) is 0 Å². The van der Waals surface area contributed by atoms with Crippen LogP contribution in [0.5, 0.6) is 0 Å². The molecule has 1 N–H and O–H groups in total. The van der Waals surface area contributed by atoms with Crippen molar-refractivity contribution in [1.29, 1.82) is 0 Å². The summed E-state index contributed by atoms with van der Waals surface area (Å²) in [5.74, 6) is 0. The summed E-state index contributed by atoms with van der Waals surface area (Å²) in [6, 6.07) is 6.25. The van der Waals surface area contributed by atoms with Crippen LogP contribution in [0, 0.1) is 26.1 Å². The predicted molar refractivity (Wildman–Crippen MR) is 84.6 cm³/mol. The molecule has 2 aromatic rings. The van der Waals surface area contributed by atoms with Gasteiger partial charge in [0, 0.05) is 8.80 Å². The first kappa shape index (κ1) is 24.0. The summed E-state index contributed by atoms with van der Waals surface area (Å²) in [6.07, 6.45) is 11.8. The second kappa shape index (κ2) is 11.3. The van der Waals surface area contributed by atoms with E-state index in [2.05, 4.69) is 74.5 Å². The van der Waals surface area contributed by atoms with E-state index in [9.17, 15) is 0 Å². The van der Waals surface area contributed by atoms with Gasteiger partial charge in [0.2, 0.25) is 0 Å². The molecule has 0 aliphatic heterocycles. The maximum absolute atomic E-state index is 3.31. The van der Waals surface area contributed by atoms with Crippen LogP contribution in [0.4, 0.5) is 0 Å². The average Bonchev–Trinajstić information content (AvgIpc) is 3.00. The van der Waals surface area contributed by atoms with E-state index in [-0.39, 0.29) is 55.3 Å². The largest absolute Gasteiger partial charge is 4.00 e. The normalized spacial score (nSPS) is 11.8. The van der Waals surface area contributed by atoms with Crippen molar-refractivity contribution in [3.05, 3.63) is 58.9 Å². The summed E-state index contributed by atoms with van der Waals surface area (Å²) >= 11 is 0. The number of rotatable bonds is 1. The van der Waals surface area contributed by atoms with E-state index in [1.54, 1.807) is 0 Å². The Balaban J connectivity index is 0. The number of hydrogen-bond acceptors (Lipinski definition) is 0. The second-order valence-corrected chi connectivity index (χ2v) is 7.61. The molecule has 1 aromatic carbocycles. The number of allylic oxidation sites excluding steroid dienone is 4. The quantitative estimate of drug-likeness (QED) is 0.458. The number of halogens is 2. The van der Waals surface area contributed by atoms with Gasteiger partial charge in [-0.3, -0.25) is 6.08 Å². The maximum Gasteiger partial charge on any atom is 4.00 e. The minimum absolute atomic E-state index is 0. The summed E-state index contributed by atoms with van der Waals surface area (Å²) in [6.45, 7) is 8.79. The van der Waals surface area contributed by atoms with Crippen molar-refractivity contribution in [2.45, 2.75) is 33.4 Å². The van der Waals surface area contributed by atoms with Crippen LogP contribution >= 0.6 is 0 Å². The first-order valence-corrected chi connectivity index (χ1v) is 9.13. The minimum atomic E-state index is -0.194. The van der Waals surface area contributed by atoms with Crippen LogP contribution in [0.15, 0.2) is 35.5 Å². The van der Waals surface area contributed by atoms with Gasteiger partial charge in [0.15, 0.2) is 0 Å². The van der Waals surface area contributed by atoms with Crippen molar-refractivity contribution in [2.24, 2.45) is 0 Å². The van der Waals surface area contributed by atoms with Crippen LogP contribution in [0.3, 0.4) is 0 Å². The van der Waals surface area contributed by atoms with E-state index in [0.29, 0.717) is 0 Å². The van der Waals surface area contributed by atoms with Crippen molar-refractivity contribution in [1.82, 2.24) is 4.98 Å². The third-order valence-electron chi connectivity index (χ3n) is 3.27. The number of benzene rings is 1. The molecule has 1 nitrogen and oxygen atoms in total. The Kier molecular flexibility index (Phi) is 12.3. The summed E-state index contributed by atoms with van der Waals surface area (Å²) in [7, 11) is -0.194. The number of aryl methyl sites for hydroxylation is 2. The molecule has 1 aliphatic rings. The number of H-pyrrole nitrogens is 1. The molecule has 3 rings (SSSR count). The van der Waals surface area contributed by atoms with Gasteiger partial charge in [0.25, 0.3) is 0 Å². The molecular formula is C17H20Cl2NSiTi. The van der Waals surface area contributed by atoms with E-state index in [0.717, 1.165) is 6.42 Å². The molecule has 1 aromatic heterocycles. The second-order valence-electron chi connectivity index (χ2n) is 5.07. The van der Waals surface area contributed by atoms with Gasteiger partial charge in [0.1, 0.15) is 0 Å². The van der Waals surface area contributed by atoms with Gasteiger partial charge in [-0.15, -0.1) is 35.2 Å². The first-order valence-electron chi connectivity index (χ1n) is 6.63. The molecule has 0 bridgehead atoms. The number of aromatic nitrogens is 1. The smallest absolute Gasteiger partial charge is 1.00 e. The van der Waals surface area contributed by atoms with Gasteiger partial charge in [-0.05, 0) is 0 Å². The van der Waals surface area contributed by atoms with Crippen molar-refractivity contribution in [3.63, 3.8) is 0 Å². The van der Waals surface area contributed by atoms with Gasteiger partial charge in [-0.25, -0.2) is 11.3 Å². The fraction of sp³-hybridized carbons (Fsp3) is 0.294. The fourth-order valence-corrected chi connectivity index (χ4v) is 3.15. The Hall–Kier alpha value is -0.249. The molecule has 0 unspecified atom stereocenters. The molecule has 0 amide bonds. The Morgan fingerprint density at radius 1 is 1.14 bits per heavy atom. The molecular weight excluding hydrogens is 365 g/mol. The Labute approximate surface area is 163 Å². The number of aromatic amines is 1. The first-order chi connectivity index (χ1) is 9.09. The van der Waals surface area contributed by atoms with E-state index in [4.69, 9.17) is 0 Å². The molecule has 1 heterocycles. The topological polar surface area (TPSA) is 15.8 Å². The van der Waals surface area contributed by atoms with Gasteiger partial charge >= 0.3 is 21.7 Å². The molecule has 5 heteroatoms. The van der Waals surface area contributed by atoms with Crippen LogP contribution in [-0.2, 0) is 21.7 Å². The van der Waals surface area contributed by atoms with Crippen LogP contribution in [-0.4, -0.2) is 13.8 Å². The summed E-state index contributed by atoms with van der Waals surface area (Å²) in [5.41, 5.74) is 3.71. The number of hydrogen-bond donors (Lipinski definition) is 1. The molecule has 1 aliphatic carbocycles. The summed E-state index contributed by atoms with van der Waals surface area (Å²) in [5, 5.41) is 2.78. The third kappa shape index (κ3) is 6.10. The average molecular weight is 385 g/mol. The molecule has 0 atom stereocenters. The predicted octanol–water partition coefficient (Wildman–Crippen LogP) is -1.44. The van der Waals surface area contributed by atoms with Crippen LogP contribution in [0.1, 0.15) is 17.5 Å². The monoisotopic (exact) mass is 384 g/mol. The molecule has 22 heavy (non-hydrogen) atoms. The zero-order valence-electron chi connectivity index (χ0n) is 13.3. The van der Waals surface area contributed by atoms with Gasteiger partial charge < -0.3 is 29.8 Å². The van der Waals surface area contributed by atoms with E-state index >= 15 is 0 Å². The number of nitrogens with one attached hydrogen (secondary N) is 1. The standard InChI is InChI=1S/C10H10N.C7H10Si.2ClH.Ti/c1-7-4-3-5-9-10(7)8(2)6-11-9;1-8(2)7-5-3-4-6-7;;;/h3-5,11H,1-2H3;3,5H,4H2,1-2H3;2*1H;/q2*-1;;;+4/p-2. The Bertz CT molecular complexity index is 633. The fourth-order valence-electron chi connectivity index (χ4n) is 2.24. The summed E-state index contributed by atoms with van der Waals surface area (Å²) in [4.78, 5) is 3.10. The minimum Gasteiger partial charge on any atom is -1.00 e. The number of fused-ring (bicyclic) bond motifs is 1. The zero-order valence-corrected chi connectivity index (χ0v) is 17.4. The van der Waals surface area contributed by atoms with E-state index in [1.165, 1.54) is 27.2 Å². The maximum atomic E-state index is 3.31. The van der Waals surface area contributed by atoms with Gasteiger partial charge in [0.05, 0.1) is 0 Å². The molecule has 115 valence electrons. The molecule has 0 saturated heterocycles. The summed E-state index contributed by atoms with van der Waals surface area (Å²) < 4.78 is 0. The van der Waals surface area contributed by atoms with Crippen LogP contribution < -0.4 is 24.8 Å². The van der Waals surface area contributed by atoms with E-state index in [1.807, 2.05) is 0 Å². The van der Waals surface area contributed by atoms with Crippen LogP contribution in [0.2, 0.25) is 13.1 Å². The van der Waals surface area contributed by atoms with E-state index < -0.39 is 0 Å². The molecule has 0 spiro atoms. The Morgan fingerprint density at radius 2 is 1.82 bits per heavy atom. The SMILES string of the molecule is C[Si](C)C1=[C-]CC=C1.Cc1[c-][nH]c2cccc(C)c12.[Cl-].[Cl-].[Ti+4]. The van der Waals surface area contributed by atoms with Crippen molar-refractivity contribution in [2.75, 3.05) is 0 Å². The van der Waals surface area contributed by atoms with Crippen molar-refractivity contribution >= 4 is 19.7 Å². The molecule has 0 fully saturated rings. The molecule has 0 saturated carbocycles. The van der Waals surface area contributed by atoms with Gasteiger partial charge in [-0.2, -0.15) is 11.6 Å². The zero-order chi connectivity index (χ0) is 13.8. The van der Waals surface area contributed by atoms with Crippen molar-refractivity contribution < 1.29 is 46.5 Å². The Morgan fingerprint density at radius 3 is 2.27 bits per heavy atom.